The fourth-order valence-electron chi connectivity index (χ4n) is 2.25. The van der Waals surface area contributed by atoms with E-state index < -0.39 is 6.10 Å². The SMILES string of the molecule is Cc1cc(F)ccc1C(O)C(CN)c1ccncc1. The van der Waals surface area contributed by atoms with Gasteiger partial charge in [-0.15, -0.1) is 0 Å². The lowest BCUT2D eigenvalue weighted by atomic mass is 9.88. The van der Waals surface area contributed by atoms with E-state index in [1.165, 1.54) is 12.1 Å². The van der Waals surface area contributed by atoms with Gasteiger partial charge in [0.15, 0.2) is 0 Å². The number of nitrogens with zero attached hydrogens (tertiary/aromatic N) is 1. The Hall–Kier alpha value is -1.78. The van der Waals surface area contributed by atoms with Crippen LogP contribution in [0.5, 0.6) is 0 Å². The summed E-state index contributed by atoms with van der Waals surface area (Å²) in [5, 5.41) is 10.5. The van der Waals surface area contributed by atoms with Gasteiger partial charge in [0.2, 0.25) is 0 Å². The van der Waals surface area contributed by atoms with Crippen LogP contribution < -0.4 is 5.73 Å². The van der Waals surface area contributed by atoms with Gasteiger partial charge in [-0.05, 0) is 47.9 Å². The molecule has 2 unspecified atom stereocenters. The predicted molar refractivity (Wildman–Crippen MR) is 72.1 cm³/mol. The highest BCUT2D eigenvalue weighted by Crippen LogP contribution is 2.31. The molecule has 1 heterocycles. The van der Waals surface area contributed by atoms with Crippen LogP contribution in [-0.4, -0.2) is 16.6 Å². The van der Waals surface area contributed by atoms with Gasteiger partial charge in [0.25, 0.3) is 0 Å². The summed E-state index contributed by atoms with van der Waals surface area (Å²) in [7, 11) is 0. The molecule has 2 aromatic rings. The van der Waals surface area contributed by atoms with E-state index in [1.54, 1.807) is 25.4 Å². The minimum Gasteiger partial charge on any atom is -0.388 e. The highest BCUT2D eigenvalue weighted by atomic mass is 19.1. The molecule has 3 N–H and O–H groups in total. The molecule has 0 saturated heterocycles. The lowest BCUT2D eigenvalue weighted by molar-refractivity contribution is 0.146. The zero-order valence-electron chi connectivity index (χ0n) is 10.8. The summed E-state index contributed by atoms with van der Waals surface area (Å²) in [6.45, 7) is 2.09. The zero-order valence-corrected chi connectivity index (χ0v) is 10.8. The summed E-state index contributed by atoms with van der Waals surface area (Å²) in [6, 6.07) is 8.04. The number of aryl methyl sites for hydroxylation is 1. The Balaban J connectivity index is 2.33. The summed E-state index contributed by atoms with van der Waals surface area (Å²) in [6.07, 6.45) is 2.58. The minimum absolute atomic E-state index is 0.229. The number of hydrogen-bond acceptors (Lipinski definition) is 3. The third-order valence-electron chi connectivity index (χ3n) is 3.32. The molecule has 0 saturated carbocycles. The van der Waals surface area contributed by atoms with Gasteiger partial charge in [-0.25, -0.2) is 4.39 Å². The van der Waals surface area contributed by atoms with Crippen molar-refractivity contribution < 1.29 is 9.50 Å². The molecule has 0 fully saturated rings. The molecule has 1 aromatic heterocycles. The van der Waals surface area contributed by atoms with Crippen molar-refractivity contribution in [3.05, 3.63) is 65.2 Å². The first kappa shape index (κ1) is 13.6. The topological polar surface area (TPSA) is 59.1 Å². The van der Waals surface area contributed by atoms with E-state index in [0.717, 1.165) is 11.1 Å². The van der Waals surface area contributed by atoms with Crippen molar-refractivity contribution in [2.75, 3.05) is 6.54 Å². The van der Waals surface area contributed by atoms with Gasteiger partial charge in [-0.3, -0.25) is 4.98 Å². The van der Waals surface area contributed by atoms with E-state index in [0.29, 0.717) is 12.1 Å². The lowest BCUT2D eigenvalue weighted by Gasteiger charge is -2.23. The first-order valence-electron chi connectivity index (χ1n) is 6.17. The molecule has 0 aliphatic carbocycles. The van der Waals surface area contributed by atoms with E-state index >= 15 is 0 Å². The van der Waals surface area contributed by atoms with Crippen LogP contribution in [0.2, 0.25) is 0 Å². The Labute approximate surface area is 111 Å². The highest BCUT2D eigenvalue weighted by Gasteiger charge is 2.22. The Morgan fingerprint density at radius 2 is 1.95 bits per heavy atom. The molecule has 0 aliphatic heterocycles. The van der Waals surface area contributed by atoms with Gasteiger partial charge in [-0.2, -0.15) is 0 Å². The number of aliphatic hydroxyl groups is 1. The van der Waals surface area contributed by atoms with Crippen LogP contribution in [-0.2, 0) is 0 Å². The summed E-state index contributed by atoms with van der Waals surface area (Å²) >= 11 is 0. The maximum absolute atomic E-state index is 13.1. The van der Waals surface area contributed by atoms with Crippen LogP contribution in [0.25, 0.3) is 0 Å². The maximum Gasteiger partial charge on any atom is 0.123 e. The van der Waals surface area contributed by atoms with Gasteiger partial charge in [0, 0.05) is 24.9 Å². The predicted octanol–water partition coefficient (Wildman–Crippen LogP) is 2.31. The average Bonchev–Trinajstić information content (AvgIpc) is 2.40. The maximum atomic E-state index is 13.1. The zero-order chi connectivity index (χ0) is 13.8. The normalized spacial score (nSPS) is 14.1. The second-order valence-electron chi connectivity index (χ2n) is 4.57. The lowest BCUT2D eigenvalue weighted by Crippen LogP contribution is -2.20. The number of pyridine rings is 1. The second kappa shape index (κ2) is 5.91. The van der Waals surface area contributed by atoms with Crippen LogP contribution in [0.15, 0.2) is 42.7 Å². The number of hydrogen-bond donors (Lipinski definition) is 2. The molecule has 19 heavy (non-hydrogen) atoms. The van der Waals surface area contributed by atoms with Gasteiger partial charge in [0.1, 0.15) is 5.82 Å². The monoisotopic (exact) mass is 260 g/mol. The third-order valence-corrected chi connectivity index (χ3v) is 3.32. The molecule has 0 bridgehead atoms. The smallest absolute Gasteiger partial charge is 0.123 e. The summed E-state index contributed by atoms with van der Waals surface area (Å²) in [5.41, 5.74) is 8.12. The largest absolute Gasteiger partial charge is 0.388 e. The number of halogens is 1. The number of benzene rings is 1. The Bertz CT molecular complexity index is 545. The standard InChI is InChI=1S/C15H17FN2O/c1-10-8-12(16)2-3-13(10)15(19)14(9-17)11-4-6-18-7-5-11/h2-8,14-15,19H,9,17H2,1H3. The van der Waals surface area contributed by atoms with E-state index in [9.17, 15) is 9.50 Å². The molecule has 0 aliphatic rings. The van der Waals surface area contributed by atoms with Gasteiger partial charge < -0.3 is 10.8 Å². The van der Waals surface area contributed by atoms with Crippen molar-refractivity contribution in [2.45, 2.75) is 18.9 Å². The average molecular weight is 260 g/mol. The summed E-state index contributed by atoms with van der Waals surface area (Å²) in [4.78, 5) is 3.95. The quantitative estimate of drug-likeness (QED) is 0.886. The van der Waals surface area contributed by atoms with Crippen molar-refractivity contribution in [3.8, 4) is 0 Å². The van der Waals surface area contributed by atoms with Gasteiger partial charge in [-0.1, -0.05) is 6.07 Å². The molecular weight excluding hydrogens is 243 g/mol. The fourth-order valence-corrected chi connectivity index (χ4v) is 2.25. The molecule has 1 aromatic carbocycles. The minimum atomic E-state index is -0.756. The first-order valence-corrected chi connectivity index (χ1v) is 6.17. The number of rotatable bonds is 4. The second-order valence-corrected chi connectivity index (χ2v) is 4.57. The number of aromatic nitrogens is 1. The summed E-state index contributed by atoms with van der Waals surface area (Å²) in [5.74, 6) is -0.533. The van der Waals surface area contributed by atoms with E-state index in [-0.39, 0.29) is 11.7 Å². The molecule has 0 spiro atoms. The van der Waals surface area contributed by atoms with Crippen molar-refractivity contribution >= 4 is 0 Å². The Kier molecular flexibility index (Phi) is 4.24. The molecule has 0 amide bonds. The molecule has 100 valence electrons. The number of aliphatic hydroxyl groups excluding tert-OH is 1. The van der Waals surface area contributed by atoms with Crippen LogP contribution >= 0.6 is 0 Å². The van der Waals surface area contributed by atoms with Gasteiger partial charge >= 0.3 is 0 Å². The van der Waals surface area contributed by atoms with Crippen molar-refractivity contribution in [3.63, 3.8) is 0 Å². The Morgan fingerprint density at radius 3 is 2.53 bits per heavy atom. The third kappa shape index (κ3) is 2.97. The van der Waals surface area contributed by atoms with E-state index in [2.05, 4.69) is 4.98 Å². The van der Waals surface area contributed by atoms with Crippen LogP contribution in [0.1, 0.15) is 28.7 Å². The molecule has 0 radical (unpaired) electrons. The highest BCUT2D eigenvalue weighted by molar-refractivity contribution is 5.32. The molecule has 2 atom stereocenters. The fraction of sp³-hybridized carbons (Fsp3) is 0.267. The van der Waals surface area contributed by atoms with Crippen LogP contribution in [0, 0.1) is 12.7 Å². The van der Waals surface area contributed by atoms with Crippen LogP contribution in [0.4, 0.5) is 4.39 Å². The van der Waals surface area contributed by atoms with Crippen molar-refractivity contribution in [1.82, 2.24) is 4.98 Å². The molecule has 3 nitrogen and oxygen atoms in total. The van der Waals surface area contributed by atoms with Crippen molar-refractivity contribution in [1.29, 1.82) is 0 Å². The molecule has 4 heteroatoms. The first-order chi connectivity index (χ1) is 9.13. The van der Waals surface area contributed by atoms with Gasteiger partial charge in [0.05, 0.1) is 6.10 Å². The summed E-state index contributed by atoms with van der Waals surface area (Å²) < 4.78 is 13.1. The Morgan fingerprint density at radius 1 is 1.26 bits per heavy atom. The van der Waals surface area contributed by atoms with Crippen LogP contribution in [0.3, 0.4) is 0 Å². The molecule has 2 rings (SSSR count). The number of nitrogens with two attached hydrogens (primary N) is 1. The van der Waals surface area contributed by atoms with E-state index in [4.69, 9.17) is 5.73 Å². The van der Waals surface area contributed by atoms with Crippen molar-refractivity contribution in [2.24, 2.45) is 5.73 Å². The van der Waals surface area contributed by atoms with E-state index in [1.807, 2.05) is 12.1 Å². The molecular formula is C15H17FN2O.